The number of hydrogen-bond donors (Lipinski definition) is 7. The molecule has 2 saturated heterocycles. The van der Waals surface area contributed by atoms with Crippen LogP contribution in [0.5, 0.6) is 0 Å². The third-order valence-electron chi connectivity index (χ3n) is 8.28. The molecule has 0 amide bonds. The van der Waals surface area contributed by atoms with Gasteiger partial charge in [-0.1, -0.05) is 24.5 Å². The minimum Gasteiger partial charge on any atom is -0.396 e. The maximum atomic E-state index is 13.7. The Bertz CT molecular complexity index is 1960. The maximum absolute atomic E-state index is 13.7. The van der Waals surface area contributed by atoms with E-state index in [0.717, 1.165) is 0 Å². The van der Waals surface area contributed by atoms with Crippen molar-refractivity contribution in [1.29, 1.82) is 0 Å². The monoisotopic (exact) mass is 718 g/mol. The number of aromatic nitrogens is 8. The van der Waals surface area contributed by atoms with Crippen molar-refractivity contribution in [1.82, 2.24) is 39.0 Å². The summed E-state index contributed by atoms with van der Waals surface area (Å²) >= 11 is 8.35. The molecule has 7 rings (SSSR count). The van der Waals surface area contributed by atoms with Crippen molar-refractivity contribution in [3.63, 3.8) is 0 Å². The lowest BCUT2D eigenvalue weighted by molar-refractivity contribution is -0.0501. The largest absolute Gasteiger partial charge is 0.396 e. The van der Waals surface area contributed by atoms with Gasteiger partial charge >= 0.3 is 13.6 Å². The lowest BCUT2D eigenvalue weighted by Gasteiger charge is -2.28. The summed E-state index contributed by atoms with van der Waals surface area (Å²) in [6, 6.07) is -0.723. The molecule has 4 aromatic heterocycles. The lowest BCUT2D eigenvalue weighted by Crippen LogP contribution is -2.33. The maximum Gasteiger partial charge on any atom is 0.386 e. The average Bonchev–Trinajstić information content (AvgIpc) is 3.75. The van der Waals surface area contributed by atoms with E-state index in [2.05, 4.69) is 54.4 Å². The van der Waals surface area contributed by atoms with Crippen molar-refractivity contribution in [2.75, 3.05) is 31.3 Å². The number of nitrogens with two attached hydrogens (primary N) is 2. The number of imidazole rings is 2. The van der Waals surface area contributed by atoms with E-state index in [9.17, 15) is 24.1 Å². The normalized spacial score (nSPS) is 37.1. The topological polar surface area (TPSA) is 280 Å². The van der Waals surface area contributed by atoms with E-state index in [1.165, 1.54) is 23.5 Å². The van der Waals surface area contributed by atoms with Crippen LogP contribution >= 0.6 is 38.1 Å². The van der Waals surface area contributed by atoms with Crippen LogP contribution in [-0.4, -0.2) is 93.5 Å². The van der Waals surface area contributed by atoms with Crippen LogP contribution < -0.4 is 17.0 Å². The molecule has 0 aromatic carbocycles. The number of nitrogens with one attached hydrogen (secondary N) is 1. The van der Waals surface area contributed by atoms with Crippen LogP contribution in [0.15, 0.2) is 23.8 Å². The molecule has 2 aliphatic heterocycles. The Kier molecular flexibility index (Phi) is 8.21. The summed E-state index contributed by atoms with van der Waals surface area (Å²) in [6.45, 7) is -9.84. The molecule has 1 saturated carbocycles. The SMILES string of the molecule is Nc1nc2c(ncn2C2OC3CO[P@](=O)(S)OC4C(CO[P@](=O)(S)OC2C3CO)CC(n2cnc3c(N)ncnc32)C4O)c(=O)[nH]1. The molecule has 2 bridgehead atoms. The summed E-state index contributed by atoms with van der Waals surface area (Å²) in [4.78, 5) is 35.4. The summed E-state index contributed by atoms with van der Waals surface area (Å²) in [6.07, 6.45) is -1.89. The van der Waals surface area contributed by atoms with Crippen molar-refractivity contribution < 1.29 is 42.2 Å². The molecule has 3 aliphatic rings. The van der Waals surface area contributed by atoms with E-state index >= 15 is 0 Å². The van der Waals surface area contributed by atoms with Gasteiger partial charge in [-0.05, 0) is 6.42 Å². The number of nitrogen functional groups attached to an aromatic ring is 2. The first kappa shape index (κ1) is 32.0. The minimum absolute atomic E-state index is 0.0187. The molecule has 248 valence electrons. The Labute approximate surface area is 268 Å². The van der Waals surface area contributed by atoms with E-state index in [1.54, 1.807) is 4.57 Å². The number of thiol groups is 2. The molecular weight excluding hydrogens is 690 g/mol. The second-order valence-corrected chi connectivity index (χ2v) is 16.7. The van der Waals surface area contributed by atoms with Crippen molar-refractivity contribution >= 4 is 72.2 Å². The fourth-order valence-corrected chi connectivity index (χ4v) is 9.22. The van der Waals surface area contributed by atoms with E-state index in [4.69, 9.17) is 34.3 Å². The number of rotatable bonds is 3. The molecule has 4 aromatic rings. The predicted octanol–water partition coefficient (Wildman–Crippen LogP) is 0.445. The molecule has 6 heterocycles. The van der Waals surface area contributed by atoms with Crippen LogP contribution in [0, 0.1) is 11.8 Å². The Hall–Kier alpha value is -2.62. The third kappa shape index (κ3) is 5.64. The van der Waals surface area contributed by atoms with Gasteiger partial charge in [0.05, 0.1) is 44.6 Å². The number of aliphatic hydroxyl groups excluding tert-OH is 2. The zero-order valence-corrected chi connectivity index (χ0v) is 27.0. The predicted molar refractivity (Wildman–Crippen MR) is 165 cm³/mol. The fourth-order valence-electron chi connectivity index (χ4n) is 6.16. The number of fused-ring (bicyclic) bond motifs is 5. The highest BCUT2D eigenvalue weighted by molar-refractivity contribution is 8.44. The Morgan fingerprint density at radius 1 is 0.978 bits per heavy atom. The molecule has 10 atom stereocenters. The molecule has 0 radical (unpaired) electrons. The van der Waals surface area contributed by atoms with Gasteiger partial charge in [0.25, 0.3) is 5.56 Å². The first-order chi connectivity index (χ1) is 21.9. The number of H-pyrrole nitrogens is 1. The molecule has 20 nitrogen and oxygen atoms in total. The summed E-state index contributed by atoms with van der Waals surface area (Å²) in [5.41, 5.74) is 11.7. The molecule has 8 unspecified atom stereocenters. The highest BCUT2D eigenvalue weighted by Gasteiger charge is 2.52. The molecule has 24 heteroatoms. The van der Waals surface area contributed by atoms with Crippen molar-refractivity contribution in [3.05, 3.63) is 29.3 Å². The molecule has 1 aliphatic carbocycles. The smallest absolute Gasteiger partial charge is 0.386 e. The molecule has 7 N–H and O–H groups in total. The van der Waals surface area contributed by atoms with Gasteiger partial charge in [-0.3, -0.25) is 27.9 Å². The van der Waals surface area contributed by atoms with Gasteiger partial charge in [0, 0.05) is 11.8 Å². The van der Waals surface area contributed by atoms with E-state index in [0.29, 0.717) is 11.2 Å². The number of aliphatic hydroxyl groups is 2. The first-order valence-electron chi connectivity index (χ1n) is 13.8. The van der Waals surface area contributed by atoms with E-state index in [-0.39, 0.29) is 36.0 Å². The summed E-state index contributed by atoms with van der Waals surface area (Å²) in [5, 5.41) is 21.8. The summed E-state index contributed by atoms with van der Waals surface area (Å²) in [5.74, 6) is -1.73. The molecular formula is C22H28N10O10P2S2. The van der Waals surface area contributed by atoms with E-state index < -0.39 is 80.9 Å². The van der Waals surface area contributed by atoms with Crippen LogP contribution in [0.1, 0.15) is 18.7 Å². The molecule has 46 heavy (non-hydrogen) atoms. The quantitative estimate of drug-likeness (QED) is 0.112. The number of hydrogen-bond acceptors (Lipinski definition) is 17. The van der Waals surface area contributed by atoms with Crippen LogP contribution in [0.2, 0.25) is 0 Å². The fraction of sp³-hybridized carbons (Fsp3) is 0.545. The van der Waals surface area contributed by atoms with Gasteiger partial charge in [0.2, 0.25) is 5.95 Å². The second-order valence-electron chi connectivity index (χ2n) is 11.0. The summed E-state index contributed by atoms with van der Waals surface area (Å²) in [7, 11) is 0. The van der Waals surface area contributed by atoms with Crippen LogP contribution in [0.4, 0.5) is 11.8 Å². The number of anilines is 2. The highest BCUT2D eigenvalue weighted by atomic mass is 32.7. The van der Waals surface area contributed by atoms with Gasteiger partial charge in [-0.2, -0.15) is 4.98 Å². The minimum atomic E-state index is -4.26. The zero-order chi connectivity index (χ0) is 32.5. The summed E-state index contributed by atoms with van der Waals surface area (Å²) < 4.78 is 59.4. The Morgan fingerprint density at radius 3 is 2.43 bits per heavy atom. The number of nitrogens with zero attached hydrogens (tertiary/aromatic N) is 7. The highest BCUT2D eigenvalue weighted by Crippen LogP contribution is 2.61. The van der Waals surface area contributed by atoms with Crippen molar-refractivity contribution in [2.24, 2.45) is 11.8 Å². The second kappa shape index (κ2) is 11.8. The average molecular weight is 719 g/mol. The molecule has 3 fully saturated rings. The standard InChI is InChI=1S/C22H28N10O10P2S2/c23-17-12-18(26-5-25-17)31(6-27-12)10-1-8-3-38-43(36,45)42-16-9(2-33)11(4-39-44(37,46)41-15(8)14(10)34)40-21(16)32-7-28-13-19(32)29-22(24)30-20(13)35/h5-11,14-16,21,33-34H,1-4H2,(H,36,45)(H,37,46)(H2,23,25,26)(H3,24,29,30,35)/t8?,9?,10?,11?,14?,15?,16?,21?,43-,44-/m0/s1. The van der Waals surface area contributed by atoms with Gasteiger partial charge in [0.1, 0.15) is 30.2 Å². The lowest BCUT2D eigenvalue weighted by atomic mass is 9.99. The first-order valence-corrected chi connectivity index (χ1v) is 19.2. The van der Waals surface area contributed by atoms with Crippen LogP contribution in [0.25, 0.3) is 22.3 Å². The van der Waals surface area contributed by atoms with E-state index in [1.807, 2.05) is 0 Å². The van der Waals surface area contributed by atoms with Gasteiger partial charge < -0.3 is 35.5 Å². The number of ether oxygens (including phenoxy) is 1. The molecule has 0 spiro atoms. The van der Waals surface area contributed by atoms with Gasteiger partial charge in [-0.15, -0.1) is 0 Å². The van der Waals surface area contributed by atoms with Gasteiger partial charge in [-0.25, -0.2) is 29.1 Å². The van der Waals surface area contributed by atoms with Crippen LogP contribution in [-0.2, 0) is 32.0 Å². The Balaban J connectivity index is 1.22. The zero-order valence-electron chi connectivity index (χ0n) is 23.4. The van der Waals surface area contributed by atoms with Crippen molar-refractivity contribution in [3.8, 4) is 0 Å². The Morgan fingerprint density at radius 2 is 1.67 bits per heavy atom. The van der Waals surface area contributed by atoms with Crippen LogP contribution in [0.3, 0.4) is 0 Å². The van der Waals surface area contributed by atoms with Crippen molar-refractivity contribution in [2.45, 2.75) is 43.1 Å². The van der Waals surface area contributed by atoms with Gasteiger partial charge in [0.15, 0.2) is 28.9 Å². The number of aromatic amines is 1. The third-order valence-corrected chi connectivity index (χ3v) is 11.5.